The van der Waals surface area contributed by atoms with Gasteiger partial charge in [-0.2, -0.15) is 0 Å². The number of nitrogens with one attached hydrogen (secondary N) is 1. The first kappa shape index (κ1) is 17.7. The fraction of sp³-hybridized carbons (Fsp3) is 0.261. The molecule has 0 aliphatic carbocycles. The molecule has 3 heterocycles. The average Bonchev–Trinajstić information content (AvgIpc) is 3.20. The van der Waals surface area contributed by atoms with Gasteiger partial charge in [-0.1, -0.05) is 30.3 Å². The smallest absolute Gasteiger partial charge is 0.261 e. The first-order chi connectivity index (χ1) is 14.2. The third-order valence-corrected chi connectivity index (χ3v) is 5.88. The zero-order chi connectivity index (χ0) is 19.8. The number of likely N-dealkylation sites (tertiary alicyclic amines) is 1. The van der Waals surface area contributed by atoms with Gasteiger partial charge in [0.2, 0.25) is 5.91 Å². The van der Waals surface area contributed by atoms with Crippen molar-refractivity contribution >= 4 is 27.7 Å². The second-order valence-electron chi connectivity index (χ2n) is 7.66. The SMILES string of the molecule is O=C(Cn1cnc2ccccc2c1=O)N1CCC(c2cc3ccccc3[nH]2)CC1. The van der Waals surface area contributed by atoms with Crippen molar-refractivity contribution in [3.8, 4) is 0 Å². The molecule has 1 N–H and O–H groups in total. The summed E-state index contributed by atoms with van der Waals surface area (Å²) in [5.41, 5.74) is 2.88. The largest absolute Gasteiger partial charge is 0.358 e. The van der Waals surface area contributed by atoms with Gasteiger partial charge in [0.05, 0.1) is 17.2 Å². The maximum Gasteiger partial charge on any atom is 0.261 e. The van der Waals surface area contributed by atoms with Crippen molar-refractivity contribution in [2.24, 2.45) is 0 Å². The topological polar surface area (TPSA) is 71.0 Å². The average molecular weight is 386 g/mol. The molecule has 4 aromatic rings. The van der Waals surface area contributed by atoms with Crippen molar-refractivity contribution in [2.45, 2.75) is 25.3 Å². The van der Waals surface area contributed by atoms with E-state index in [9.17, 15) is 9.59 Å². The molecule has 6 nitrogen and oxygen atoms in total. The summed E-state index contributed by atoms with van der Waals surface area (Å²) in [5, 5.41) is 1.77. The Kier molecular flexibility index (Phi) is 4.39. The number of fused-ring (bicyclic) bond motifs is 2. The van der Waals surface area contributed by atoms with Gasteiger partial charge in [0.1, 0.15) is 6.54 Å². The lowest BCUT2D eigenvalue weighted by Crippen LogP contribution is -2.41. The van der Waals surface area contributed by atoms with Crippen LogP contribution in [-0.2, 0) is 11.3 Å². The highest BCUT2D eigenvalue weighted by Gasteiger charge is 2.25. The Labute approximate surface area is 167 Å². The zero-order valence-corrected chi connectivity index (χ0v) is 16.0. The van der Waals surface area contributed by atoms with E-state index in [0.29, 0.717) is 29.9 Å². The van der Waals surface area contributed by atoms with E-state index in [4.69, 9.17) is 0 Å². The Hall–Kier alpha value is -3.41. The third kappa shape index (κ3) is 3.31. The Bertz CT molecular complexity index is 1220. The minimum absolute atomic E-state index is 0.0284. The van der Waals surface area contributed by atoms with E-state index >= 15 is 0 Å². The van der Waals surface area contributed by atoms with Crippen LogP contribution in [0.4, 0.5) is 0 Å². The predicted octanol–water partition coefficient (Wildman–Crippen LogP) is 3.28. The fourth-order valence-corrected chi connectivity index (χ4v) is 4.22. The maximum atomic E-state index is 12.8. The van der Waals surface area contributed by atoms with Gasteiger partial charge >= 0.3 is 0 Å². The van der Waals surface area contributed by atoms with Crippen LogP contribution in [0.3, 0.4) is 0 Å². The normalized spacial score (nSPS) is 15.2. The lowest BCUT2D eigenvalue weighted by molar-refractivity contribution is -0.133. The van der Waals surface area contributed by atoms with Crippen LogP contribution < -0.4 is 5.56 Å². The van der Waals surface area contributed by atoms with Crippen molar-refractivity contribution in [2.75, 3.05) is 13.1 Å². The maximum absolute atomic E-state index is 12.8. The summed E-state index contributed by atoms with van der Waals surface area (Å²) in [6.45, 7) is 1.44. The Morgan fingerprint density at radius 3 is 2.66 bits per heavy atom. The van der Waals surface area contributed by atoms with Gasteiger partial charge in [0.15, 0.2) is 0 Å². The molecule has 1 saturated heterocycles. The minimum atomic E-state index is -0.170. The number of carbonyl (C=O) groups excluding carboxylic acids is 1. The van der Waals surface area contributed by atoms with Gasteiger partial charge in [-0.05, 0) is 42.5 Å². The Morgan fingerprint density at radius 2 is 1.83 bits per heavy atom. The van der Waals surface area contributed by atoms with E-state index in [-0.39, 0.29) is 18.0 Å². The molecule has 1 amide bonds. The molecule has 0 atom stereocenters. The van der Waals surface area contributed by atoms with Crippen LogP contribution in [0.5, 0.6) is 0 Å². The number of hydrogen-bond acceptors (Lipinski definition) is 3. The number of amides is 1. The molecule has 146 valence electrons. The monoisotopic (exact) mass is 386 g/mol. The molecule has 1 aliphatic heterocycles. The van der Waals surface area contributed by atoms with E-state index in [2.05, 4.69) is 28.2 Å². The Balaban J connectivity index is 1.27. The van der Waals surface area contributed by atoms with E-state index in [1.807, 2.05) is 29.2 Å². The molecule has 0 spiro atoms. The Morgan fingerprint density at radius 1 is 1.07 bits per heavy atom. The number of piperidine rings is 1. The number of aromatic nitrogens is 3. The predicted molar refractivity (Wildman–Crippen MR) is 113 cm³/mol. The summed E-state index contributed by atoms with van der Waals surface area (Å²) < 4.78 is 1.41. The van der Waals surface area contributed by atoms with Gasteiger partial charge in [0.25, 0.3) is 5.56 Å². The molecule has 0 unspecified atom stereocenters. The summed E-state index contributed by atoms with van der Waals surface area (Å²) >= 11 is 0. The van der Waals surface area contributed by atoms with E-state index in [0.717, 1.165) is 18.4 Å². The van der Waals surface area contributed by atoms with Gasteiger partial charge in [-0.3, -0.25) is 14.2 Å². The molecular weight excluding hydrogens is 364 g/mol. The summed E-state index contributed by atoms with van der Waals surface area (Å²) in [4.78, 5) is 35.1. The van der Waals surface area contributed by atoms with Crippen LogP contribution in [0.25, 0.3) is 21.8 Å². The van der Waals surface area contributed by atoms with E-state index in [1.165, 1.54) is 22.0 Å². The number of nitrogens with zero attached hydrogens (tertiary/aromatic N) is 3. The van der Waals surface area contributed by atoms with Crippen LogP contribution in [0.1, 0.15) is 24.5 Å². The van der Waals surface area contributed by atoms with Crippen LogP contribution in [0.2, 0.25) is 0 Å². The standard InChI is InChI=1S/C23H22N4O2/c28-22(14-27-15-24-20-8-4-2-6-18(20)23(27)29)26-11-9-16(10-12-26)21-13-17-5-1-3-7-19(17)25-21/h1-8,13,15-16,25H,9-12,14H2. The number of aromatic amines is 1. The number of rotatable bonds is 3. The number of para-hydroxylation sites is 2. The molecule has 6 heteroatoms. The van der Waals surface area contributed by atoms with Crippen molar-refractivity contribution in [1.29, 1.82) is 0 Å². The lowest BCUT2D eigenvalue weighted by atomic mass is 9.93. The van der Waals surface area contributed by atoms with Crippen LogP contribution in [0.15, 0.2) is 65.7 Å². The molecule has 0 bridgehead atoms. The van der Waals surface area contributed by atoms with Crippen LogP contribution in [-0.4, -0.2) is 38.4 Å². The zero-order valence-electron chi connectivity index (χ0n) is 16.0. The summed E-state index contributed by atoms with van der Waals surface area (Å²) in [6.07, 6.45) is 3.31. The van der Waals surface area contributed by atoms with Crippen molar-refractivity contribution < 1.29 is 4.79 Å². The van der Waals surface area contributed by atoms with Gasteiger partial charge < -0.3 is 9.88 Å². The first-order valence-corrected chi connectivity index (χ1v) is 9.98. The molecule has 0 saturated carbocycles. The quantitative estimate of drug-likeness (QED) is 0.587. The number of H-pyrrole nitrogens is 1. The van der Waals surface area contributed by atoms with E-state index < -0.39 is 0 Å². The van der Waals surface area contributed by atoms with Crippen molar-refractivity contribution in [3.63, 3.8) is 0 Å². The highest BCUT2D eigenvalue weighted by atomic mass is 16.2. The van der Waals surface area contributed by atoms with Crippen LogP contribution >= 0.6 is 0 Å². The van der Waals surface area contributed by atoms with Gasteiger partial charge in [-0.25, -0.2) is 4.98 Å². The molecule has 0 radical (unpaired) electrons. The fourth-order valence-electron chi connectivity index (χ4n) is 4.22. The third-order valence-electron chi connectivity index (χ3n) is 5.88. The molecule has 5 rings (SSSR count). The second-order valence-corrected chi connectivity index (χ2v) is 7.66. The van der Waals surface area contributed by atoms with Crippen molar-refractivity contribution in [1.82, 2.24) is 19.4 Å². The molecule has 1 aliphatic rings. The molecular formula is C23H22N4O2. The van der Waals surface area contributed by atoms with E-state index in [1.54, 1.807) is 12.1 Å². The molecule has 29 heavy (non-hydrogen) atoms. The molecule has 1 fully saturated rings. The summed E-state index contributed by atoms with van der Waals surface area (Å²) in [5.74, 6) is 0.399. The summed E-state index contributed by atoms with van der Waals surface area (Å²) in [7, 11) is 0. The summed E-state index contributed by atoms with van der Waals surface area (Å²) in [6, 6.07) is 17.7. The number of hydrogen-bond donors (Lipinski definition) is 1. The van der Waals surface area contributed by atoms with Crippen LogP contribution in [0, 0.1) is 0 Å². The molecule has 2 aromatic heterocycles. The number of carbonyl (C=O) groups is 1. The highest BCUT2D eigenvalue weighted by molar-refractivity contribution is 5.81. The first-order valence-electron chi connectivity index (χ1n) is 9.98. The minimum Gasteiger partial charge on any atom is -0.358 e. The van der Waals surface area contributed by atoms with Crippen molar-refractivity contribution in [3.05, 3.63) is 77.0 Å². The highest BCUT2D eigenvalue weighted by Crippen LogP contribution is 2.30. The van der Waals surface area contributed by atoms with Gasteiger partial charge in [-0.15, -0.1) is 0 Å². The lowest BCUT2D eigenvalue weighted by Gasteiger charge is -2.31. The number of benzene rings is 2. The second kappa shape index (κ2) is 7.20. The molecule has 2 aromatic carbocycles. The van der Waals surface area contributed by atoms with Gasteiger partial charge in [0, 0.05) is 30.2 Å².